The van der Waals surface area contributed by atoms with Crippen LogP contribution >= 0.6 is 0 Å². The summed E-state index contributed by atoms with van der Waals surface area (Å²) in [7, 11) is 0. The monoisotopic (exact) mass is 364 g/mol. The molecule has 1 atom stereocenters. The minimum absolute atomic E-state index is 0.197. The van der Waals surface area contributed by atoms with Crippen molar-refractivity contribution in [2.45, 2.75) is 45.6 Å². The van der Waals surface area contributed by atoms with Gasteiger partial charge in [-0.05, 0) is 56.2 Å². The molecule has 1 fully saturated rings. The first-order chi connectivity index (χ1) is 13.2. The predicted molar refractivity (Wildman–Crippen MR) is 112 cm³/mol. The SMILES string of the molecule is Cc1ccc(CCCC(=O)NCC2CCCN(Cc3ccccc3)C2)cc1. The van der Waals surface area contributed by atoms with Gasteiger partial charge in [-0.15, -0.1) is 0 Å². The molecule has 3 heteroatoms. The van der Waals surface area contributed by atoms with Crippen molar-refractivity contribution in [3.05, 3.63) is 71.3 Å². The Morgan fingerprint density at radius 3 is 2.63 bits per heavy atom. The number of aryl methyl sites for hydroxylation is 2. The van der Waals surface area contributed by atoms with E-state index in [0.29, 0.717) is 12.3 Å². The van der Waals surface area contributed by atoms with Gasteiger partial charge in [-0.3, -0.25) is 9.69 Å². The zero-order valence-electron chi connectivity index (χ0n) is 16.5. The van der Waals surface area contributed by atoms with Crippen LogP contribution in [0, 0.1) is 12.8 Å². The number of hydrogen-bond donors (Lipinski definition) is 1. The summed E-state index contributed by atoms with van der Waals surface area (Å²) >= 11 is 0. The Balaban J connectivity index is 1.33. The number of nitrogens with zero attached hydrogens (tertiary/aromatic N) is 1. The van der Waals surface area contributed by atoms with Crippen molar-refractivity contribution >= 4 is 5.91 Å². The molecule has 27 heavy (non-hydrogen) atoms. The van der Waals surface area contributed by atoms with Gasteiger partial charge >= 0.3 is 0 Å². The van der Waals surface area contributed by atoms with Gasteiger partial charge in [0.25, 0.3) is 0 Å². The maximum atomic E-state index is 12.2. The summed E-state index contributed by atoms with van der Waals surface area (Å²) in [4.78, 5) is 14.7. The maximum absolute atomic E-state index is 12.2. The van der Waals surface area contributed by atoms with E-state index in [1.807, 2.05) is 0 Å². The summed E-state index contributed by atoms with van der Waals surface area (Å²) in [6.07, 6.45) is 4.95. The van der Waals surface area contributed by atoms with Gasteiger partial charge in [0, 0.05) is 26.1 Å². The summed E-state index contributed by atoms with van der Waals surface area (Å²) in [6, 6.07) is 19.3. The number of carbonyl (C=O) groups excluding carboxylic acids is 1. The molecule has 2 aromatic carbocycles. The number of rotatable bonds is 8. The first kappa shape index (κ1) is 19.6. The summed E-state index contributed by atoms with van der Waals surface area (Å²) < 4.78 is 0. The van der Waals surface area contributed by atoms with Gasteiger partial charge in [-0.25, -0.2) is 0 Å². The van der Waals surface area contributed by atoms with E-state index in [0.717, 1.165) is 39.0 Å². The smallest absolute Gasteiger partial charge is 0.220 e. The topological polar surface area (TPSA) is 32.3 Å². The van der Waals surface area contributed by atoms with Crippen LogP contribution in [0.2, 0.25) is 0 Å². The molecule has 0 saturated carbocycles. The highest BCUT2D eigenvalue weighted by Crippen LogP contribution is 2.18. The fraction of sp³-hybridized carbons (Fsp3) is 0.458. The summed E-state index contributed by atoms with van der Waals surface area (Å²) in [6.45, 7) is 6.17. The second kappa shape index (κ2) is 10.3. The van der Waals surface area contributed by atoms with Gasteiger partial charge in [0.05, 0.1) is 0 Å². The molecule has 0 aliphatic carbocycles. The number of piperidine rings is 1. The zero-order chi connectivity index (χ0) is 18.9. The molecule has 0 radical (unpaired) electrons. The highest BCUT2D eigenvalue weighted by molar-refractivity contribution is 5.75. The largest absolute Gasteiger partial charge is 0.356 e. The first-order valence-electron chi connectivity index (χ1n) is 10.3. The van der Waals surface area contributed by atoms with Crippen molar-refractivity contribution in [3.8, 4) is 0 Å². The quantitative estimate of drug-likeness (QED) is 0.755. The molecule has 1 unspecified atom stereocenters. The molecular weight excluding hydrogens is 332 g/mol. The Morgan fingerprint density at radius 1 is 1.07 bits per heavy atom. The lowest BCUT2D eigenvalue weighted by Gasteiger charge is -2.32. The van der Waals surface area contributed by atoms with Crippen LogP contribution in [0.15, 0.2) is 54.6 Å². The van der Waals surface area contributed by atoms with Crippen molar-refractivity contribution in [2.75, 3.05) is 19.6 Å². The highest BCUT2D eigenvalue weighted by atomic mass is 16.1. The number of hydrogen-bond acceptors (Lipinski definition) is 2. The molecular formula is C24H32N2O. The molecule has 1 aliphatic rings. The Morgan fingerprint density at radius 2 is 1.85 bits per heavy atom. The van der Waals surface area contributed by atoms with Crippen LogP contribution in [0.4, 0.5) is 0 Å². The van der Waals surface area contributed by atoms with E-state index < -0.39 is 0 Å². The Hall–Kier alpha value is -2.13. The van der Waals surface area contributed by atoms with E-state index in [9.17, 15) is 4.79 Å². The number of likely N-dealkylation sites (tertiary alicyclic amines) is 1. The molecule has 144 valence electrons. The van der Waals surface area contributed by atoms with Gasteiger partial charge < -0.3 is 5.32 Å². The number of amides is 1. The standard InChI is InChI=1S/C24H32N2O/c1-20-12-14-21(15-13-20)9-5-11-24(27)25-17-23-10-6-16-26(19-23)18-22-7-3-2-4-8-22/h2-4,7-8,12-15,23H,5-6,9-11,16-19H2,1H3,(H,25,27). The van der Waals surface area contributed by atoms with Crippen molar-refractivity contribution in [1.82, 2.24) is 10.2 Å². The molecule has 0 bridgehead atoms. The van der Waals surface area contributed by atoms with Crippen LogP contribution in [0.1, 0.15) is 42.4 Å². The molecule has 2 aromatic rings. The lowest BCUT2D eigenvalue weighted by molar-refractivity contribution is -0.121. The Labute approximate surface area is 163 Å². The minimum atomic E-state index is 0.197. The summed E-state index contributed by atoms with van der Waals surface area (Å²) in [5.41, 5.74) is 3.97. The van der Waals surface area contributed by atoms with E-state index in [2.05, 4.69) is 71.7 Å². The van der Waals surface area contributed by atoms with Crippen LogP contribution in [0.25, 0.3) is 0 Å². The predicted octanol–water partition coefficient (Wildman–Crippen LogP) is 4.35. The first-order valence-corrected chi connectivity index (χ1v) is 10.3. The normalized spacial score (nSPS) is 17.6. The minimum Gasteiger partial charge on any atom is -0.356 e. The van der Waals surface area contributed by atoms with Crippen LogP contribution in [-0.2, 0) is 17.8 Å². The van der Waals surface area contributed by atoms with E-state index in [-0.39, 0.29) is 5.91 Å². The molecule has 3 nitrogen and oxygen atoms in total. The number of benzene rings is 2. The second-order valence-electron chi connectivity index (χ2n) is 7.87. The Kier molecular flexibility index (Phi) is 7.46. The fourth-order valence-corrected chi connectivity index (χ4v) is 3.86. The third kappa shape index (κ3) is 6.84. The highest BCUT2D eigenvalue weighted by Gasteiger charge is 2.20. The average molecular weight is 365 g/mol. The lowest BCUT2D eigenvalue weighted by Crippen LogP contribution is -2.40. The lowest BCUT2D eigenvalue weighted by atomic mass is 9.97. The van der Waals surface area contributed by atoms with E-state index >= 15 is 0 Å². The van der Waals surface area contributed by atoms with Crippen molar-refractivity contribution < 1.29 is 4.79 Å². The molecule has 1 saturated heterocycles. The molecule has 0 spiro atoms. The third-order valence-electron chi connectivity index (χ3n) is 5.43. The van der Waals surface area contributed by atoms with Crippen LogP contribution in [0.5, 0.6) is 0 Å². The molecule has 1 amide bonds. The number of nitrogens with one attached hydrogen (secondary N) is 1. The van der Waals surface area contributed by atoms with Gasteiger partial charge in [-0.2, -0.15) is 0 Å². The van der Waals surface area contributed by atoms with Crippen molar-refractivity contribution in [2.24, 2.45) is 5.92 Å². The van der Waals surface area contributed by atoms with E-state index in [4.69, 9.17) is 0 Å². The number of carbonyl (C=O) groups is 1. The molecule has 1 N–H and O–H groups in total. The van der Waals surface area contributed by atoms with Crippen LogP contribution in [0.3, 0.4) is 0 Å². The Bertz CT molecular complexity index is 696. The molecule has 1 aliphatic heterocycles. The van der Waals surface area contributed by atoms with Gasteiger partial charge in [0.2, 0.25) is 5.91 Å². The average Bonchev–Trinajstić information content (AvgIpc) is 2.69. The molecule has 1 heterocycles. The van der Waals surface area contributed by atoms with Gasteiger partial charge in [-0.1, -0.05) is 60.2 Å². The van der Waals surface area contributed by atoms with E-state index in [1.54, 1.807) is 0 Å². The second-order valence-corrected chi connectivity index (χ2v) is 7.87. The summed E-state index contributed by atoms with van der Waals surface area (Å²) in [5, 5.41) is 3.17. The molecule has 3 rings (SSSR count). The molecule has 0 aromatic heterocycles. The van der Waals surface area contributed by atoms with Crippen LogP contribution in [-0.4, -0.2) is 30.4 Å². The third-order valence-corrected chi connectivity index (χ3v) is 5.43. The van der Waals surface area contributed by atoms with Crippen LogP contribution < -0.4 is 5.32 Å². The van der Waals surface area contributed by atoms with E-state index in [1.165, 1.54) is 29.5 Å². The zero-order valence-corrected chi connectivity index (χ0v) is 16.5. The fourth-order valence-electron chi connectivity index (χ4n) is 3.86. The summed E-state index contributed by atoms with van der Waals surface area (Å²) in [5.74, 6) is 0.769. The van der Waals surface area contributed by atoms with Gasteiger partial charge in [0.15, 0.2) is 0 Å². The van der Waals surface area contributed by atoms with Gasteiger partial charge in [0.1, 0.15) is 0 Å². The van der Waals surface area contributed by atoms with Crippen molar-refractivity contribution in [3.63, 3.8) is 0 Å². The maximum Gasteiger partial charge on any atom is 0.220 e. The van der Waals surface area contributed by atoms with Crippen molar-refractivity contribution in [1.29, 1.82) is 0 Å².